The third-order valence-electron chi connectivity index (χ3n) is 3.06. The van der Waals surface area contributed by atoms with Crippen LogP contribution in [0.5, 0.6) is 0 Å². The standard InChI is InChI=1S/C14H19BrN4/c1-3-5-17-13(14-4-6-18-19(14)2)8-11-7-12(15)10-16-9-11/h4,6-7,9-10,13,17H,3,5,8H2,1-2H3. The number of aryl methyl sites for hydroxylation is 1. The summed E-state index contributed by atoms with van der Waals surface area (Å²) >= 11 is 3.47. The highest BCUT2D eigenvalue weighted by atomic mass is 79.9. The fraction of sp³-hybridized carbons (Fsp3) is 0.429. The van der Waals surface area contributed by atoms with Crippen molar-refractivity contribution < 1.29 is 0 Å². The van der Waals surface area contributed by atoms with Gasteiger partial charge in [0.25, 0.3) is 0 Å². The van der Waals surface area contributed by atoms with Crippen LogP contribution in [0.4, 0.5) is 0 Å². The number of halogens is 1. The maximum absolute atomic E-state index is 4.26. The lowest BCUT2D eigenvalue weighted by molar-refractivity contribution is 0.493. The molecule has 0 aliphatic heterocycles. The Labute approximate surface area is 122 Å². The SMILES string of the molecule is CCCNC(Cc1cncc(Br)c1)c1ccnn1C. The number of nitrogens with zero attached hydrogens (tertiary/aromatic N) is 3. The van der Waals surface area contributed by atoms with Crippen LogP contribution in [0.2, 0.25) is 0 Å². The summed E-state index contributed by atoms with van der Waals surface area (Å²) < 4.78 is 2.95. The van der Waals surface area contributed by atoms with Gasteiger partial charge in [-0.3, -0.25) is 9.67 Å². The summed E-state index contributed by atoms with van der Waals surface area (Å²) in [7, 11) is 1.98. The maximum atomic E-state index is 4.26. The predicted molar refractivity (Wildman–Crippen MR) is 79.9 cm³/mol. The summed E-state index contributed by atoms with van der Waals surface area (Å²) in [5.41, 5.74) is 2.41. The fourth-order valence-corrected chi connectivity index (χ4v) is 2.54. The molecule has 0 fully saturated rings. The molecule has 0 aliphatic carbocycles. The monoisotopic (exact) mass is 322 g/mol. The first-order valence-electron chi connectivity index (χ1n) is 6.51. The molecule has 0 amide bonds. The van der Waals surface area contributed by atoms with E-state index in [0.29, 0.717) is 0 Å². The van der Waals surface area contributed by atoms with Crippen LogP contribution in [0, 0.1) is 0 Å². The molecule has 2 aromatic heterocycles. The van der Waals surface area contributed by atoms with E-state index >= 15 is 0 Å². The van der Waals surface area contributed by atoms with Crippen molar-refractivity contribution in [2.75, 3.05) is 6.54 Å². The zero-order chi connectivity index (χ0) is 13.7. The molecule has 0 bridgehead atoms. The van der Waals surface area contributed by atoms with Crippen LogP contribution in [0.1, 0.15) is 30.6 Å². The molecule has 1 unspecified atom stereocenters. The van der Waals surface area contributed by atoms with Crippen molar-refractivity contribution in [1.82, 2.24) is 20.1 Å². The van der Waals surface area contributed by atoms with Gasteiger partial charge in [-0.25, -0.2) is 0 Å². The molecule has 0 radical (unpaired) electrons. The Morgan fingerprint density at radius 2 is 2.26 bits per heavy atom. The first-order chi connectivity index (χ1) is 9.20. The molecule has 102 valence electrons. The van der Waals surface area contributed by atoms with Gasteiger partial charge in [0.15, 0.2) is 0 Å². The molecule has 0 aliphatic rings. The van der Waals surface area contributed by atoms with Crippen molar-refractivity contribution in [2.24, 2.45) is 7.05 Å². The second-order valence-corrected chi connectivity index (χ2v) is 5.52. The van der Waals surface area contributed by atoms with Crippen LogP contribution in [0.3, 0.4) is 0 Å². The van der Waals surface area contributed by atoms with Crippen LogP contribution in [0.25, 0.3) is 0 Å². The Morgan fingerprint density at radius 3 is 2.89 bits per heavy atom. The predicted octanol–water partition coefficient (Wildman–Crippen LogP) is 2.86. The van der Waals surface area contributed by atoms with E-state index < -0.39 is 0 Å². The molecular weight excluding hydrogens is 304 g/mol. The molecular formula is C14H19BrN4. The molecule has 1 atom stereocenters. The highest BCUT2D eigenvalue weighted by Crippen LogP contribution is 2.19. The van der Waals surface area contributed by atoms with E-state index in [4.69, 9.17) is 0 Å². The van der Waals surface area contributed by atoms with Gasteiger partial charge >= 0.3 is 0 Å². The second kappa shape index (κ2) is 6.82. The summed E-state index contributed by atoms with van der Waals surface area (Å²) in [6.45, 7) is 3.17. The van der Waals surface area contributed by atoms with E-state index in [1.807, 2.05) is 30.3 Å². The minimum atomic E-state index is 0.267. The smallest absolute Gasteiger partial charge is 0.0553 e. The number of pyridine rings is 1. The van der Waals surface area contributed by atoms with Gasteiger partial charge in [0.2, 0.25) is 0 Å². The van der Waals surface area contributed by atoms with Gasteiger partial charge in [0.05, 0.1) is 11.7 Å². The highest BCUT2D eigenvalue weighted by molar-refractivity contribution is 9.10. The number of rotatable bonds is 6. The minimum absolute atomic E-state index is 0.267. The van der Waals surface area contributed by atoms with Crippen LogP contribution < -0.4 is 5.32 Å². The third-order valence-corrected chi connectivity index (χ3v) is 3.49. The topological polar surface area (TPSA) is 42.7 Å². The van der Waals surface area contributed by atoms with Crippen molar-refractivity contribution in [1.29, 1.82) is 0 Å². The van der Waals surface area contributed by atoms with Crippen LogP contribution in [0.15, 0.2) is 35.2 Å². The molecule has 0 aromatic carbocycles. The molecule has 0 saturated heterocycles. The van der Waals surface area contributed by atoms with Crippen LogP contribution >= 0.6 is 15.9 Å². The Hall–Kier alpha value is -1.20. The van der Waals surface area contributed by atoms with Gasteiger partial charge in [-0.15, -0.1) is 0 Å². The van der Waals surface area contributed by atoms with Crippen LogP contribution in [-0.4, -0.2) is 21.3 Å². The van der Waals surface area contributed by atoms with Gasteiger partial charge in [-0.1, -0.05) is 6.92 Å². The van der Waals surface area contributed by atoms with E-state index in [2.05, 4.69) is 50.4 Å². The van der Waals surface area contributed by atoms with E-state index in [9.17, 15) is 0 Å². The van der Waals surface area contributed by atoms with Crippen molar-refractivity contribution in [3.8, 4) is 0 Å². The summed E-state index contributed by atoms with van der Waals surface area (Å²) in [6.07, 6.45) is 7.59. The van der Waals surface area contributed by atoms with Crippen molar-refractivity contribution in [2.45, 2.75) is 25.8 Å². The summed E-state index contributed by atoms with van der Waals surface area (Å²) in [5, 5.41) is 7.83. The first-order valence-corrected chi connectivity index (χ1v) is 7.30. The molecule has 2 heterocycles. The summed E-state index contributed by atoms with van der Waals surface area (Å²) in [4.78, 5) is 4.22. The van der Waals surface area contributed by atoms with Crippen molar-refractivity contribution in [3.05, 3.63) is 46.5 Å². The van der Waals surface area contributed by atoms with Crippen molar-refractivity contribution >= 4 is 15.9 Å². The molecule has 19 heavy (non-hydrogen) atoms. The van der Waals surface area contributed by atoms with Gasteiger partial charge in [-0.05, 0) is 53.0 Å². The van der Waals surface area contributed by atoms with Crippen LogP contribution in [-0.2, 0) is 13.5 Å². The number of hydrogen-bond acceptors (Lipinski definition) is 3. The quantitative estimate of drug-likeness (QED) is 0.889. The molecule has 1 N–H and O–H groups in total. The van der Waals surface area contributed by atoms with Gasteiger partial charge in [0, 0.05) is 30.1 Å². The molecule has 2 aromatic rings. The fourth-order valence-electron chi connectivity index (χ4n) is 2.13. The lowest BCUT2D eigenvalue weighted by Gasteiger charge is -2.19. The minimum Gasteiger partial charge on any atom is -0.308 e. The normalized spacial score (nSPS) is 12.6. The van der Waals surface area contributed by atoms with E-state index in [-0.39, 0.29) is 6.04 Å². The van der Waals surface area contributed by atoms with Crippen molar-refractivity contribution in [3.63, 3.8) is 0 Å². The average molecular weight is 323 g/mol. The maximum Gasteiger partial charge on any atom is 0.0553 e. The highest BCUT2D eigenvalue weighted by Gasteiger charge is 2.15. The Kier molecular flexibility index (Phi) is 5.10. The first kappa shape index (κ1) is 14.2. The molecule has 5 heteroatoms. The van der Waals surface area contributed by atoms with E-state index in [1.165, 1.54) is 11.3 Å². The second-order valence-electron chi connectivity index (χ2n) is 4.60. The average Bonchev–Trinajstić information content (AvgIpc) is 2.81. The number of nitrogens with one attached hydrogen (secondary N) is 1. The van der Waals surface area contributed by atoms with E-state index in [0.717, 1.165) is 23.9 Å². The lowest BCUT2D eigenvalue weighted by atomic mass is 10.0. The Morgan fingerprint density at radius 1 is 1.42 bits per heavy atom. The lowest BCUT2D eigenvalue weighted by Crippen LogP contribution is -2.26. The molecule has 0 saturated carbocycles. The summed E-state index contributed by atoms with van der Waals surface area (Å²) in [6, 6.07) is 4.45. The third kappa shape index (κ3) is 3.88. The molecule has 4 nitrogen and oxygen atoms in total. The number of hydrogen-bond donors (Lipinski definition) is 1. The number of aromatic nitrogens is 3. The zero-order valence-electron chi connectivity index (χ0n) is 11.3. The van der Waals surface area contributed by atoms with E-state index in [1.54, 1.807) is 0 Å². The Bertz CT molecular complexity index is 524. The van der Waals surface area contributed by atoms with Gasteiger partial charge in [0.1, 0.15) is 0 Å². The largest absolute Gasteiger partial charge is 0.308 e. The Balaban J connectivity index is 2.16. The zero-order valence-corrected chi connectivity index (χ0v) is 12.9. The van der Waals surface area contributed by atoms with Gasteiger partial charge < -0.3 is 5.32 Å². The molecule has 0 spiro atoms. The van der Waals surface area contributed by atoms with Gasteiger partial charge in [-0.2, -0.15) is 5.10 Å². The molecule has 2 rings (SSSR count). The summed E-state index contributed by atoms with van der Waals surface area (Å²) in [5.74, 6) is 0.